The zero-order valence-corrected chi connectivity index (χ0v) is 9.28. The van der Waals surface area contributed by atoms with Gasteiger partial charge in [-0.25, -0.2) is 0 Å². The molecule has 0 amide bonds. The van der Waals surface area contributed by atoms with Crippen molar-refractivity contribution in [1.82, 2.24) is 25.3 Å². The molecule has 0 radical (unpaired) electrons. The summed E-state index contributed by atoms with van der Waals surface area (Å²) in [5.74, 6) is 0.444. The zero-order valence-electron chi connectivity index (χ0n) is 8.52. The van der Waals surface area contributed by atoms with E-state index in [4.69, 9.17) is 11.6 Å². The van der Waals surface area contributed by atoms with Gasteiger partial charge >= 0.3 is 0 Å². The van der Waals surface area contributed by atoms with Crippen LogP contribution in [0.15, 0.2) is 0 Å². The molecule has 0 saturated carbocycles. The van der Waals surface area contributed by atoms with Gasteiger partial charge in [-0.3, -0.25) is 0 Å². The Morgan fingerprint density at radius 2 is 2.07 bits per heavy atom. The minimum Gasteiger partial charge on any atom is -0.348 e. The van der Waals surface area contributed by atoms with Gasteiger partial charge < -0.3 is 10.2 Å². The summed E-state index contributed by atoms with van der Waals surface area (Å²) in [6, 6.07) is 0.369. The Morgan fingerprint density at radius 3 is 2.73 bits per heavy atom. The maximum absolute atomic E-state index is 5.49. The predicted octanol–water partition coefficient (Wildman–Crippen LogP) is 0.426. The van der Waals surface area contributed by atoms with Crippen LogP contribution in [0.1, 0.15) is 12.8 Å². The SMILES string of the molecule is CN1CCCC(Nc2nnc(Cl)nn2)C1. The summed E-state index contributed by atoms with van der Waals surface area (Å²) in [5, 5.41) is 18.1. The van der Waals surface area contributed by atoms with E-state index in [9.17, 15) is 0 Å². The molecule has 1 aliphatic heterocycles. The molecule has 6 nitrogen and oxygen atoms in total. The molecule has 1 aromatic rings. The highest BCUT2D eigenvalue weighted by Crippen LogP contribution is 2.11. The quantitative estimate of drug-likeness (QED) is 0.792. The average Bonchev–Trinajstić information content (AvgIpc) is 2.22. The highest BCUT2D eigenvalue weighted by atomic mass is 35.5. The normalized spacial score (nSPS) is 22.7. The molecule has 1 N–H and O–H groups in total. The van der Waals surface area contributed by atoms with Gasteiger partial charge in [0.1, 0.15) is 0 Å². The number of nitrogens with one attached hydrogen (secondary N) is 1. The summed E-state index contributed by atoms with van der Waals surface area (Å²) < 4.78 is 0. The number of hydrogen-bond acceptors (Lipinski definition) is 6. The van der Waals surface area contributed by atoms with Crippen molar-refractivity contribution >= 4 is 17.5 Å². The fourth-order valence-electron chi connectivity index (χ4n) is 1.74. The number of nitrogens with zero attached hydrogens (tertiary/aromatic N) is 5. The van der Waals surface area contributed by atoms with Crippen LogP contribution < -0.4 is 5.32 Å². The van der Waals surface area contributed by atoms with Crippen LogP contribution in [0, 0.1) is 0 Å². The molecule has 15 heavy (non-hydrogen) atoms. The lowest BCUT2D eigenvalue weighted by Gasteiger charge is -2.29. The largest absolute Gasteiger partial charge is 0.348 e. The van der Waals surface area contributed by atoms with Gasteiger partial charge in [0.15, 0.2) is 0 Å². The second kappa shape index (κ2) is 4.67. The van der Waals surface area contributed by atoms with Crippen molar-refractivity contribution in [1.29, 1.82) is 0 Å². The van der Waals surface area contributed by atoms with E-state index in [1.807, 2.05) is 0 Å². The molecule has 1 aliphatic rings. The van der Waals surface area contributed by atoms with E-state index < -0.39 is 0 Å². The Balaban J connectivity index is 1.93. The van der Waals surface area contributed by atoms with E-state index in [0.717, 1.165) is 19.5 Å². The average molecular weight is 229 g/mol. The summed E-state index contributed by atoms with van der Waals surface area (Å²) in [4.78, 5) is 2.28. The van der Waals surface area contributed by atoms with Crippen molar-refractivity contribution in [3.63, 3.8) is 0 Å². The van der Waals surface area contributed by atoms with E-state index in [0.29, 0.717) is 12.0 Å². The Kier molecular flexibility index (Phi) is 3.27. The van der Waals surface area contributed by atoms with Crippen molar-refractivity contribution in [2.24, 2.45) is 0 Å². The number of aromatic nitrogens is 4. The van der Waals surface area contributed by atoms with Gasteiger partial charge in [-0.15, -0.1) is 20.4 Å². The van der Waals surface area contributed by atoms with E-state index >= 15 is 0 Å². The fraction of sp³-hybridized carbons (Fsp3) is 0.750. The number of likely N-dealkylation sites (tertiary alicyclic amines) is 1. The predicted molar refractivity (Wildman–Crippen MR) is 56.8 cm³/mol. The van der Waals surface area contributed by atoms with Crippen LogP contribution in [0.3, 0.4) is 0 Å². The molecular weight excluding hydrogens is 216 g/mol. The summed E-state index contributed by atoms with van der Waals surface area (Å²) in [6.45, 7) is 2.14. The third-order valence-electron chi connectivity index (χ3n) is 2.41. The Labute approximate surface area is 93.0 Å². The Bertz CT molecular complexity index is 315. The molecule has 2 heterocycles. The Hall–Kier alpha value is -1.01. The third-order valence-corrected chi connectivity index (χ3v) is 2.56. The fourth-order valence-corrected chi connectivity index (χ4v) is 1.82. The number of rotatable bonds is 2. The highest BCUT2D eigenvalue weighted by molar-refractivity contribution is 6.28. The van der Waals surface area contributed by atoms with Crippen LogP contribution >= 0.6 is 11.6 Å². The first kappa shape index (κ1) is 10.5. The molecule has 0 aromatic carbocycles. The second-order valence-corrected chi connectivity index (χ2v) is 4.08. The molecule has 0 bridgehead atoms. The molecule has 2 rings (SSSR count). The number of piperidine rings is 1. The molecule has 1 saturated heterocycles. The first-order valence-electron chi connectivity index (χ1n) is 4.92. The topological polar surface area (TPSA) is 66.8 Å². The number of halogens is 1. The molecule has 1 fully saturated rings. The lowest BCUT2D eigenvalue weighted by Crippen LogP contribution is -2.40. The lowest BCUT2D eigenvalue weighted by molar-refractivity contribution is 0.260. The number of hydrogen-bond donors (Lipinski definition) is 1. The molecule has 82 valence electrons. The minimum absolute atomic E-state index is 0.0707. The van der Waals surface area contributed by atoms with Crippen LogP contribution in [0.4, 0.5) is 5.95 Å². The summed E-state index contributed by atoms with van der Waals surface area (Å²) in [5.41, 5.74) is 0. The highest BCUT2D eigenvalue weighted by Gasteiger charge is 2.17. The van der Waals surface area contributed by atoms with Crippen LogP contribution in [0.5, 0.6) is 0 Å². The standard InChI is InChI=1S/C8H13ClN6/c1-15-4-2-3-6(5-15)10-8-13-11-7(9)12-14-8/h6H,2-5H2,1H3,(H,10,13,14). The van der Waals surface area contributed by atoms with Gasteiger partial charge in [-0.05, 0) is 38.0 Å². The van der Waals surface area contributed by atoms with E-state index in [1.165, 1.54) is 6.42 Å². The first-order chi connectivity index (χ1) is 7.24. The van der Waals surface area contributed by atoms with Crippen molar-refractivity contribution in [2.45, 2.75) is 18.9 Å². The first-order valence-corrected chi connectivity index (χ1v) is 5.30. The van der Waals surface area contributed by atoms with Crippen molar-refractivity contribution in [3.8, 4) is 0 Å². The molecule has 7 heteroatoms. The number of anilines is 1. The van der Waals surface area contributed by atoms with Gasteiger partial charge in [-0.1, -0.05) is 0 Å². The van der Waals surface area contributed by atoms with Gasteiger partial charge in [0.2, 0.25) is 0 Å². The van der Waals surface area contributed by atoms with E-state index in [-0.39, 0.29) is 5.28 Å². The van der Waals surface area contributed by atoms with Gasteiger partial charge in [0, 0.05) is 12.6 Å². The van der Waals surface area contributed by atoms with E-state index in [1.54, 1.807) is 0 Å². The van der Waals surface area contributed by atoms with Crippen molar-refractivity contribution in [3.05, 3.63) is 5.28 Å². The summed E-state index contributed by atoms with van der Waals surface area (Å²) >= 11 is 5.49. The van der Waals surface area contributed by atoms with Gasteiger partial charge in [0.25, 0.3) is 11.2 Å². The van der Waals surface area contributed by atoms with Crippen LogP contribution in [-0.2, 0) is 0 Å². The molecule has 0 aliphatic carbocycles. The maximum Gasteiger partial charge on any atom is 0.263 e. The zero-order chi connectivity index (χ0) is 10.7. The molecular formula is C8H13ClN6. The van der Waals surface area contributed by atoms with Gasteiger partial charge in [0.05, 0.1) is 0 Å². The lowest BCUT2D eigenvalue weighted by atomic mass is 10.1. The Morgan fingerprint density at radius 1 is 1.33 bits per heavy atom. The minimum atomic E-state index is 0.0707. The third kappa shape index (κ3) is 2.97. The summed E-state index contributed by atoms with van der Waals surface area (Å²) in [7, 11) is 2.10. The molecule has 0 spiro atoms. The summed E-state index contributed by atoms with van der Waals surface area (Å²) in [6.07, 6.45) is 2.30. The van der Waals surface area contributed by atoms with Crippen LogP contribution in [-0.4, -0.2) is 51.5 Å². The smallest absolute Gasteiger partial charge is 0.263 e. The molecule has 1 atom stereocenters. The van der Waals surface area contributed by atoms with Crippen molar-refractivity contribution in [2.75, 3.05) is 25.5 Å². The number of likely N-dealkylation sites (N-methyl/N-ethyl adjacent to an activating group) is 1. The van der Waals surface area contributed by atoms with Crippen molar-refractivity contribution < 1.29 is 0 Å². The molecule has 1 unspecified atom stereocenters. The molecule has 1 aromatic heterocycles. The van der Waals surface area contributed by atoms with Gasteiger partial charge in [-0.2, -0.15) is 0 Å². The second-order valence-electron chi connectivity index (χ2n) is 3.74. The monoisotopic (exact) mass is 228 g/mol. The maximum atomic E-state index is 5.49. The van der Waals surface area contributed by atoms with Crippen LogP contribution in [0.2, 0.25) is 5.28 Å². The van der Waals surface area contributed by atoms with E-state index in [2.05, 4.69) is 37.7 Å². The van der Waals surface area contributed by atoms with Crippen LogP contribution in [0.25, 0.3) is 0 Å².